The van der Waals surface area contributed by atoms with Crippen molar-refractivity contribution in [2.75, 3.05) is 0 Å². The molecule has 0 heterocycles. The van der Waals surface area contributed by atoms with E-state index < -0.39 is 0 Å². The van der Waals surface area contributed by atoms with E-state index in [1.165, 1.54) is 16.7 Å². The van der Waals surface area contributed by atoms with Crippen LogP contribution in [0.2, 0.25) is 0 Å². The molecular weight excluding hydrogens is 328 g/mol. The largest absolute Gasteiger partial charge is 0.289 e. The van der Waals surface area contributed by atoms with Gasteiger partial charge in [0.2, 0.25) is 0 Å². The van der Waals surface area contributed by atoms with Gasteiger partial charge in [0.15, 0.2) is 5.78 Å². The van der Waals surface area contributed by atoms with Crippen molar-refractivity contribution < 1.29 is 4.79 Å². The van der Waals surface area contributed by atoms with E-state index in [2.05, 4.69) is 55.5 Å². The molecule has 0 aliphatic rings. The third-order valence-corrected chi connectivity index (χ3v) is 4.79. The lowest BCUT2D eigenvalue weighted by Gasteiger charge is -2.07. The Morgan fingerprint density at radius 3 is 1.33 bits per heavy atom. The average Bonchev–Trinajstić information content (AvgIpc) is 2.75. The normalized spacial score (nSPS) is 10.6. The van der Waals surface area contributed by atoms with E-state index in [1.54, 1.807) is 0 Å². The lowest BCUT2D eigenvalue weighted by atomic mass is 9.97. The quantitative estimate of drug-likeness (QED) is 0.382. The lowest BCUT2D eigenvalue weighted by Crippen LogP contribution is -2.00. The molecule has 0 atom stereocenters. The number of benzene rings is 4. The molecule has 1 nitrogen and oxygen atoms in total. The first-order valence-corrected chi connectivity index (χ1v) is 9.08. The van der Waals surface area contributed by atoms with Crippen LogP contribution in [0.15, 0.2) is 103 Å². The van der Waals surface area contributed by atoms with Gasteiger partial charge in [0.25, 0.3) is 0 Å². The van der Waals surface area contributed by atoms with Gasteiger partial charge in [-0.15, -0.1) is 0 Å². The summed E-state index contributed by atoms with van der Waals surface area (Å²) in [6.07, 6.45) is 0. The summed E-state index contributed by atoms with van der Waals surface area (Å²) in [6.45, 7) is 2.10. The van der Waals surface area contributed by atoms with Crippen molar-refractivity contribution in [3.8, 4) is 22.3 Å². The maximum atomic E-state index is 12.5. The molecule has 4 rings (SSSR count). The van der Waals surface area contributed by atoms with Crippen LogP contribution in [0.5, 0.6) is 0 Å². The van der Waals surface area contributed by atoms with Gasteiger partial charge in [-0.2, -0.15) is 0 Å². The minimum atomic E-state index is 0.0527. The van der Waals surface area contributed by atoms with Gasteiger partial charge in [-0.05, 0) is 29.2 Å². The molecule has 4 aromatic rings. The molecule has 0 aliphatic heterocycles. The molecule has 0 saturated carbocycles. The molecule has 0 N–H and O–H groups in total. The van der Waals surface area contributed by atoms with Gasteiger partial charge < -0.3 is 0 Å². The smallest absolute Gasteiger partial charge is 0.193 e. The van der Waals surface area contributed by atoms with E-state index in [4.69, 9.17) is 0 Å². The predicted octanol–water partition coefficient (Wildman–Crippen LogP) is 6.56. The highest BCUT2D eigenvalue weighted by atomic mass is 16.1. The number of hydrogen-bond acceptors (Lipinski definition) is 1. The molecule has 0 saturated heterocycles. The summed E-state index contributed by atoms with van der Waals surface area (Å²) in [7, 11) is 0. The minimum Gasteiger partial charge on any atom is -0.289 e. The molecule has 27 heavy (non-hydrogen) atoms. The maximum absolute atomic E-state index is 12.5. The summed E-state index contributed by atoms with van der Waals surface area (Å²) in [5.41, 5.74) is 7.36. The van der Waals surface area contributed by atoms with E-state index in [-0.39, 0.29) is 5.78 Å². The van der Waals surface area contributed by atoms with Crippen LogP contribution < -0.4 is 0 Å². The number of hydrogen-bond donors (Lipinski definition) is 0. The van der Waals surface area contributed by atoms with Crippen LogP contribution >= 0.6 is 0 Å². The summed E-state index contributed by atoms with van der Waals surface area (Å²) >= 11 is 0. The minimum absolute atomic E-state index is 0.0527. The first-order valence-electron chi connectivity index (χ1n) is 9.08. The van der Waals surface area contributed by atoms with Crippen molar-refractivity contribution in [1.82, 2.24) is 0 Å². The topological polar surface area (TPSA) is 17.1 Å². The summed E-state index contributed by atoms with van der Waals surface area (Å²) in [5.74, 6) is 0.0527. The van der Waals surface area contributed by atoms with Crippen molar-refractivity contribution in [2.24, 2.45) is 0 Å². The van der Waals surface area contributed by atoms with Gasteiger partial charge in [0, 0.05) is 11.1 Å². The van der Waals surface area contributed by atoms with E-state index in [1.807, 2.05) is 54.6 Å². The number of aryl methyl sites for hydroxylation is 1. The first-order chi connectivity index (χ1) is 13.2. The fourth-order valence-electron chi connectivity index (χ4n) is 3.17. The Morgan fingerprint density at radius 1 is 0.481 bits per heavy atom. The third-order valence-electron chi connectivity index (χ3n) is 4.79. The Hall–Kier alpha value is -3.45. The molecule has 0 unspecified atom stereocenters. The Kier molecular flexibility index (Phi) is 4.67. The highest BCUT2D eigenvalue weighted by Gasteiger charge is 2.08. The second-order valence-corrected chi connectivity index (χ2v) is 6.72. The molecule has 0 amide bonds. The van der Waals surface area contributed by atoms with Crippen LogP contribution in [-0.4, -0.2) is 5.78 Å². The zero-order valence-electron chi connectivity index (χ0n) is 15.2. The molecular formula is C26H20O. The third kappa shape index (κ3) is 3.73. The van der Waals surface area contributed by atoms with Crippen molar-refractivity contribution in [3.05, 3.63) is 120 Å². The van der Waals surface area contributed by atoms with Crippen LogP contribution in [0.1, 0.15) is 21.5 Å². The van der Waals surface area contributed by atoms with Crippen molar-refractivity contribution in [3.63, 3.8) is 0 Å². The Labute approximate surface area is 159 Å². The molecule has 0 bridgehead atoms. The van der Waals surface area contributed by atoms with Gasteiger partial charge >= 0.3 is 0 Å². The predicted molar refractivity (Wildman–Crippen MR) is 112 cm³/mol. The fraction of sp³-hybridized carbons (Fsp3) is 0.0385. The molecule has 0 aromatic heterocycles. The zero-order valence-corrected chi connectivity index (χ0v) is 15.2. The SMILES string of the molecule is Cc1ccc(-c2ccc(-c3ccc(C(=O)c4ccccc4)cc3)cc2)cc1. The zero-order chi connectivity index (χ0) is 18.6. The summed E-state index contributed by atoms with van der Waals surface area (Å²) in [5, 5.41) is 0. The molecule has 0 radical (unpaired) electrons. The van der Waals surface area contributed by atoms with Crippen molar-refractivity contribution in [2.45, 2.75) is 6.92 Å². The first kappa shape index (κ1) is 17.0. The number of rotatable bonds is 4. The second-order valence-electron chi connectivity index (χ2n) is 6.72. The van der Waals surface area contributed by atoms with Crippen LogP contribution in [0, 0.1) is 6.92 Å². The Balaban J connectivity index is 1.55. The van der Waals surface area contributed by atoms with Crippen molar-refractivity contribution in [1.29, 1.82) is 0 Å². The fourth-order valence-corrected chi connectivity index (χ4v) is 3.17. The second kappa shape index (κ2) is 7.43. The van der Waals surface area contributed by atoms with E-state index >= 15 is 0 Å². The van der Waals surface area contributed by atoms with Gasteiger partial charge in [-0.25, -0.2) is 0 Å². The highest BCUT2D eigenvalue weighted by Crippen LogP contribution is 2.25. The van der Waals surface area contributed by atoms with Gasteiger partial charge in [-0.3, -0.25) is 4.79 Å². The summed E-state index contributed by atoms with van der Waals surface area (Å²) < 4.78 is 0. The Bertz CT molecular complexity index is 1040. The van der Waals surface area contributed by atoms with E-state index in [0.717, 1.165) is 11.1 Å². The number of carbonyl (C=O) groups is 1. The highest BCUT2D eigenvalue weighted by molar-refractivity contribution is 6.09. The van der Waals surface area contributed by atoms with Crippen LogP contribution in [0.3, 0.4) is 0 Å². The number of carbonyl (C=O) groups excluding carboxylic acids is 1. The standard InChI is InChI=1S/C26H20O/c1-19-7-9-20(10-8-19)21-11-13-22(14-12-21)23-15-17-25(18-16-23)26(27)24-5-3-2-4-6-24/h2-18H,1H3. The lowest BCUT2D eigenvalue weighted by molar-refractivity contribution is 0.103. The molecule has 0 spiro atoms. The summed E-state index contributed by atoms with van der Waals surface area (Å²) in [6, 6.07) is 34.3. The molecule has 0 fully saturated rings. The van der Waals surface area contributed by atoms with Crippen LogP contribution in [0.25, 0.3) is 22.3 Å². The molecule has 130 valence electrons. The van der Waals surface area contributed by atoms with Gasteiger partial charge in [0.1, 0.15) is 0 Å². The molecule has 1 heteroatoms. The van der Waals surface area contributed by atoms with E-state index in [9.17, 15) is 4.79 Å². The van der Waals surface area contributed by atoms with Crippen LogP contribution in [0.4, 0.5) is 0 Å². The average molecular weight is 348 g/mol. The number of ketones is 1. The van der Waals surface area contributed by atoms with Gasteiger partial charge in [-0.1, -0.05) is 109 Å². The van der Waals surface area contributed by atoms with Crippen molar-refractivity contribution >= 4 is 5.78 Å². The molecule has 4 aromatic carbocycles. The molecule has 0 aliphatic carbocycles. The van der Waals surface area contributed by atoms with E-state index in [0.29, 0.717) is 11.1 Å². The van der Waals surface area contributed by atoms with Gasteiger partial charge in [0.05, 0.1) is 0 Å². The Morgan fingerprint density at radius 2 is 0.852 bits per heavy atom. The summed E-state index contributed by atoms with van der Waals surface area (Å²) in [4.78, 5) is 12.5. The van der Waals surface area contributed by atoms with Crippen LogP contribution in [-0.2, 0) is 0 Å². The maximum Gasteiger partial charge on any atom is 0.193 e. The monoisotopic (exact) mass is 348 g/mol.